The molecule has 0 spiro atoms. The topological polar surface area (TPSA) is 84.7 Å². The van der Waals surface area contributed by atoms with Crippen LogP contribution in [0.25, 0.3) is 5.69 Å². The van der Waals surface area contributed by atoms with Gasteiger partial charge in [0.05, 0.1) is 5.69 Å². The highest BCUT2D eigenvalue weighted by Gasteiger charge is 2.06. The summed E-state index contributed by atoms with van der Waals surface area (Å²) < 4.78 is 1.59. The lowest BCUT2D eigenvalue weighted by Crippen LogP contribution is -2.27. The molecule has 1 amide bonds. The van der Waals surface area contributed by atoms with E-state index < -0.39 is 0 Å². The van der Waals surface area contributed by atoms with E-state index in [0.29, 0.717) is 19.0 Å². The Hall–Kier alpha value is -2.28. The fourth-order valence-electron chi connectivity index (χ4n) is 1.96. The maximum absolute atomic E-state index is 11.8. The van der Waals surface area contributed by atoms with Crippen LogP contribution in [-0.4, -0.2) is 38.7 Å². The van der Waals surface area contributed by atoms with Crippen molar-refractivity contribution in [2.75, 3.05) is 11.9 Å². The lowest BCUT2D eigenvalue weighted by Gasteiger charge is -2.10. The molecule has 21 heavy (non-hydrogen) atoms. The van der Waals surface area contributed by atoms with Crippen molar-refractivity contribution >= 4 is 11.6 Å². The summed E-state index contributed by atoms with van der Waals surface area (Å²) >= 11 is 0. The molecule has 0 saturated carbocycles. The molecule has 2 aromatic rings. The second-order valence-corrected chi connectivity index (χ2v) is 5.16. The third kappa shape index (κ3) is 4.35. The minimum Gasteiger partial charge on any atom is -0.326 e. The molecule has 0 aliphatic heterocycles. The highest BCUT2D eigenvalue weighted by atomic mass is 16.1. The van der Waals surface area contributed by atoms with Crippen molar-refractivity contribution in [3.05, 3.63) is 30.1 Å². The van der Waals surface area contributed by atoms with Crippen LogP contribution in [-0.2, 0) is 4.79 Å². The van der Waals surface area contributed by atoms with Gasteiger partial charge in [0.2, 0.25) is 5.91 Å². The van der Waals surface area contributed by atoms with E-state index in [-0.39, 0.29) is 5.91 Å². The van der Waals surface area contributed by atoms with Crippen LogP contribution in [0.4, 0.5) is 5.69 Å². The normalized spacial score (nSPS) is 10.9. The van der Waals surface area contributed by atoms with Gasteiger partial charge in [-0.25, -0.2) is 4.68 Å². The van der Waals surface area contributed by atoms with Crippen LogP contribution >= 0.6 is 0 Å². The molecule has 112 valence electrons. The van der Waals surface area contributed by atoms with Crippen molar-refractivity contribution < 1.29 is 4.79 Å². The molecule has 7 heteroatoms. The molecule has 2 rings (SSSR count). The molecule has 1 heterocycles. The molecule has 0 unspecified atom stereocenters. The van der Waals surface area contributed by atoms with E-state index >= 15 is 0 Å². The van der Waals surface area contributed by atoms with Crippen LogP contribution < -0.4 is 10.6 Å². The Morgan fingerprint density at radius 2 is 2.19 bits per heavy atom. The van der Waals surface area contributed by atoms with Gasteiger partial charge in [-0.05, 0) is 41.1 Å². The van der Waals surface area contributed by atoms with Crippen LogP contribution in [0, 0.1) is 6.92 Å². The van der Waals surface area contributed by atoms with Gasteiger partial charge < -0.3 is 10.6 Å². The Morgan fingerprint density at radius 3 is 2.81 bits per heavy atom. The lowest BCUT2D eigenvalue weighted by molar-refractivity contribution is -0.116. The fraction of sp³-hybridized carbons (Fsp3) is 0.429. The van der Waals surface area contributed by atoms with Crippen LogP contribution in [0.15, 0.2) is 24.5 Å². The van der Waals surface area contributed by atoms with E-state index in [4.69, 9.17) is 0 Å². The van der Waals surface area contributed by atoms with Crippen LogP contribution in [0.1, 0.15) is 25.8 Å². The molecule has 7 nitrogen and oxygen atoms in total. The number of tetrazole rings is 1. The molecule has 0 radical (unpaired) electrons. The summed E-state index contributed by atoms with van der Waals surface area (Å²) in [5.74, 6) is -0.00211. The van der Waals surface area contributed by atoms with Gasteiger partial charge in [0.1, 0.15) is 6.33 Å². The second kappa shape index (κ2) is 6.94. The van der Waals surface area contributed by atoms with Gasteiger partial charge >= 0.3 is 0 Å². The molecule has 0 aliphatic carbocycles. The van der Waals surface area contributed by atoms with Crippen LogP contribution in [0.5, 0.6) is 0 Å². The van der Waals surface area contributed by atoms with E-state index in [1.807, 2.05) is 25.1 Å². The number of rotatable bonds is 6. The average molecular weight is 288 g/mol. The largest absolute Gasteiger partial charge is 0.326 e. The van der Waals surface area contributed by atoms with E-state index in [0.717, 1.165) is 16.9 Å². The first kappa shape index (κ1) is 15.1. The van der Waals surface area contributed by atoms with Gasteiger partial charge in [-0.1, -0.05) is 13.8 Å². The minimum absolute atomic E-state index is 0.00211. The number of anilines is 1. The van der Waals surface area contributed by atoms with E-state index in [9.17, 15) is 4.79 Å². The number of aryl methyl sites for hydroxylation is 1. The van der Waals surface area contributed by atoms with Gasteiger partial charge in [0.15, 0.2) is 0 Å². The van der Waals surface area contributed by atoms with Gasteiger partial charge in [0.25, 0.3) is 0 Å². The van der Waals surface area contributed by atoms with Crippen molar-refractivity contribution in [3.63, 3.8) is 0 Å². The Morgan fingerprint density at radius 1 is 1.38 bits per heavy atom. The number of carbonyl (C=O) groups excluding carboxylic acids is 1. The summed E-state index contributed by atoms with van der Waals surface area (Å²) in [6.45, 7) is 6.73. The second-order valence-electron chi connectivity index (χ2n) is 5.16. The van der Waals surface area contributed by atoms with E-state index in [1.54, 1.807) is 4.68 Å². The highest BCUT2D eigenvalue weighted by Crippen LogP contribution is 2.17. The molecular weight excluding hydrogens is 268 g/mol. The maximum Gasteiger partial charge on any atom is 0.225 e. The quantitative estimate of drug-likeness (QED) is 0.837. The van der Waals surface area contributed by atoms with Crippen LogP contribution in [0.3, 0.4) is 0 Å². The van der Waals surface area contributed by atoms with Gasteiger partial charge in [-0.15, -0.1) is 5.10 Å². The zero-order valence-corrected chi connectivity index (χ0v) is 12.5. The SMILES string of the molecule is Cc1cc(NC(=O)CCNC(C)C)ccc1-n1cnnn1. The first-order valence-corrected chi connectivity index (χ1v) is 6.93. The fourth-order valence-corrected chi connectivity index (χ4v) is 1.96. The summed E-state index contributed by atoms with van der Waals surface area (Å²) in [6, 6.07) is 6.02. The maximum atomic E-state index is 11.8. The first-order valence-electron chi connectivity index (χ1n) is 6.93. The lowest BCUT2D eigenvalue weighted by atomic mass is 10.1. The Balaban J connectivity index is 1.96. The molecule has 0 aliphatic rings. The molecule has 0 fully saturated rings. The average Bonchev–Trinajstić information content (AvgIpc) is 2.92. The Bertz CT molecular complexity index is 594. The number of carbonyl (C=O) groups is 1. The summed E-state index contributed by atoms with van der Waals surface area (Å²) in [6.07, 6.45) is 1.99. The van der Waals surface area contributed by atoms with E-state index in [2.05, 4.69) is 40.0 Å². The number of nitrogens with one attached hydrogen (secondary N) is 2. The first-order chi connectivity index (χ1) is 10.1. The van der Waals surface area contributed by atoms with E-state index in [1.165, 1.54) is 6.33 Å². The molecule has 1 aromatic heterocycles. The number of amides is 1. The van der Waals surface area contributed by atoms with Crippen LogP contribution in [0.2, 0.25) is 0 Å². The monoisotopic (exact) mass is 288 g/mol. The summed E-state index contributed by atoms with van der Waals surface area (Å²) in [5, 5.41) is 17.2. The number of benzene rings is 1. The molecule has 1 aromatic carbocycles. The summed E-state index contributed by atoms with van der Waals surface area (Å²) in [7, 11) is 0. The standard InChI is InChI=1S/C14H20N6O/c1-10(2)15-7-6-14(21)17-12-4-5-13(11(3)8-12)20-9-16-18-19-20/h4-5,8-10,15H,6-7H2,1-3H3,(H,17,21). The third-order valence-electron chi connectivity index (χ3n) is 2.98. The predicted molar refractivity (Wildman–Crippen MR) is 80.3 cm³/mol. The smallest absolute Gasteiger partial charge is 0.225 e. The molecular formula is C14H20N6O. The minimum atomic E-state index is -0.00211. The molecule has 0 saturated heterocycles. The molecule has 0 atom stereocenters. The zero-order valence-electron chi connectivity index (χ0n) is 12.5. The zero-order chi connectivity index (χ0) is 15.2. The Labute approximate surface area is 123 Å². The number of hydrogen-bond donors (Lipinski definition) is 2. The van der Waals surface area contributed by atoms with Gasteiger partial charge in [0, 0.05) is 24.7 Å². The van der Waals surface area contributed by atoms with Crippen molar-refractivity contribution in [1.29, 1.82) is 0 Å². The summed E-state index contributed by atoms with van der Waals surface area (Å²) in [4.78, 5) is 11.8. The van der Waals surface area contributed by atoms with Gasteiger partial charge in [-0.2, -0.15) is 0 Å². The number of hydrogen-bond acceptors (Lipinski definition) is 5. The van der Waals surface area contributed by atoms with Crippen molar-refractivity contribution in [2.24, 2.45) is 0 Å². The Kier molecular flexibility index (Phi) is 4.99. The van der Waals surface area contributed by atoms with Gasteiger partial charge in [-0.3, -0.25) is 4.79 Å². The highest BCUT2D eigenvalue weighted by molar-refractivity contribution is 5.91. The van der Waals surface area contributed by atoms with Crippen molar-refractivity contribution in [2.45, 2.75) is 33.2 Å². The van der Waals surface area contributed by atoms with Crippen molar-refractivity contribution in [1.82, 2.24) is 25.5 Å². The van der Waals surface area contributed by atoms with Crippen molar-refractivity contribution in [3.8, 4) is 5.69 Å². The molecule has 2 N–H and O–H groups in total. The predicted octanol–water partition coefficient (Wildman–Crippen LogP) is 1.30. The number of nitrogens with zero attached hydrogens (tertiary/aromatic N) is 4. The number of aromatic nitrogens is 4. The molecule has 0 bridgehead atoms. The summed E-state index contributed by atoms with van der Waals surface area (Å²) in [5.41, 5.74) is 2.65. The third-order valence-corrected chi connectivity index (χ3v) is 2.98.